The third-order valence-electron chi connectivity index (χ3n) is 5.62. The molecule has 0 bridgehead atoms. The minimum Gasteiger partial charge on any atom is -0.342 e. The number of H-pyrrole nitrogens is 1. The molecule has 7 nitrogen and oxygen atoms in total. The maximum Gasteiger partial charge on any atom is 0.267 e. The van der Waals surface area contributed by atoms with Gasteiger partial charge in [0.15, 0.2) is 0 Å². The molecule has 170 valence electrons. The van der Waals surface area contributed by atoms with Crippen LogP contribution in [0.15, 0.2) is 58.8 Å². The van der Waals surface area contributed by atoms with Crippen molar-refractivity contribution in [3.63, 3.8) is 0 Å². The molecule has 3 heterocycles. The molecule has 0 aliphatic carbocycles. The lowest BCUT2D eigenvalue weighted by atomic mass is 10.1. The normalized spacial score (nSPS) is 14.7. The number of thiophene rings is 1. The first-order valence-corrected chi connectivity index (χ1v) is 12.8. The van der Waals surface area contributed by atoms with Gasteiger partial charge in [0.1, 0.15) is 21.4 Å². The Labute approximate surface area is 194 Å². The molecule has 4 aromatic rings. The van der Waals surface area contributed by atoms with Crippen LogP contribution in [0.2, 0.25) is 0 Å². The predicted molar refractivity (Wildman–Crippen MR) is 126 cm³/mol. The minimum atomic E-state index is -3.69. The highest BCUT2D eigenvalue weighted by molar-refractivity contribution is 7.89. The third-order valence-corrected chi connectivity index (χ3v) is 8.61. The Morgan fingerprint density at radius 1 is 1.15 bits per heavy atom. The predicted octanol–water partition coefficient (Wildman–Crippen LogP) is 4.39. The van der Waals surface area contributed by atoms with Gasteiger partial charge < -0.3 is 10.3 Å². The van der Waals surface area contributed by atoms with Gasteiger partial charge in [-0.05, 0) is 54.1 Å². The number of hydrogen-bond donors (Lipinski definition) is 2. The van der Waals surface area contributed by atoms with Crippen LogP contribution in [0, 0.1) is 5.82 Å². The van der Waals surface area contributed by atoms with Crippen LogP contribution in [-0.4, -0.2) is 41.7 Å². The van der Waals surface area contributed by atoms with Crippen molar-refractivity contribution in [3.8, 4) is 0 Å². The van der Waals surface area contributed by atoms with Crippen LogP contribution >= 0.6 is 11.3 Å². The Balaban J connectivity index is 1.36. The Hall–Kier alpha value is -3.08. The first kappa shape index (κ1) is 21.7. The van der Waals surface area contributed by atoms with Crippen molar-refractivity contribution in [1.82, 2.24) is 14.3 Å². The van der Waals surface area contributed by atoms with E-state index in [0.29, 0.717) is 47.6 Å². The number of nitrogens with one attached hydrogen (secondary N) is 2. The first-order chi connectivity index (χ1) is 15.9. The summed E-state index contributed by atoms with van der Waals surface area (Å²) in [5.74, 6) is -0.161. The summed E-state index contributed by atoms with van der Waals surface area (Å²) in [5.41, 5.74) is 2.42. The standard InChI is InChI=1S/C23H21FN4O3S2/c24-17-6-2-1-5-15(17)13-21-26-18-8-7-16(14-19(18)27-21)25-23(29)22-20(9-12-32-22)33(30,31)28-10-3-4-11-28/h1-2,5-9,12,14H,3-4,10-11,13H2,(H,25,29)(H,26,27). The van der Waals surface area contributed by atoms with Gasteiger partial charge in [0.25, 0.3) is 5.91 Å². The molecule has 0 unspecified atom stereocenters. The van der Waals surface area contributed by atoms with Crippen molar-refractivity contribution in [1.29, 1.82) is 0 Å². The lowest BCUT2D eigenvalue weighted by Crippen LogP contribution is -2.29. The summed E-state index contributed by atoms with van der Waals surface area (Å²) in [7, 11) is -3.69. The number of halogens is 1. The van der Waals surface area contributed by atoms with E-state index in [1.165, 1.54) is 16.4 Å². The van der Waals surface area contributed by atoms with Gasteiger partial charge in [-0.2, -0.15) is 4.31 Å². The number of aromatic amines is 1. The van der Waals surface area contributed by atoms with Crippen molar-refractivity contribution in [2.45, 2.75) is 24.2 Å². The molecule has 1 fully saturated rings. The van der Waals surface area contributed by atoms with Crippen LogP contribution < -0.4 is 5.32 Å². The van der Waals surface area contributed by atoms with Crippen LogP contribution in [0.25, 0.3) is 11.0 Å². The molecule has 1 saturated heterocycles. The quantitative estimate of drug-likeness (QED) is 0.424. The van der Waals surface area contributed by atoms with Gasteiger partial charge in [0.05, 0.1) is 11.0 Å². The topological polar surface area (TPSA) is 95.2 Å². The number of aromatic nitrogens is 2. The Morgan fingerprint density at radius 2 is 1.94 bits per heavy atom. The Morgan fingerprint density at radius 3 is 2.73 bits per heavy atom. The Kier molecular flexibility index (Phi) is 5.73. The summed E-state index contributed by atoms with van der Waals surface area (Å²) >= 11 is 1.10. The monoisotopic (exact) mass is 484 g/mol. The summed E-state index contributed by atoms with van der Waals surface area (Å²) < 4.78 is 41.3. The van der Waals surface area contributed by atoms with E-state index >= 15 is 0 Å². The van der Waals surface area contributed by atoms with Gasteiger partial charge in [0, 0.05) is 25.2 Å². The van der Waals surface area contributed by atoms with E-state index in [1.54, 1.807) is 41.8 Å². The lowest BCUT2D eigenvalue weighted by Gasteiger charge is -2.15. The van der Waals surface area contributed by atoms with Crippen LogP contribution in [-0.2, 0) is 16.4 Å². The second-order valence-electron chi connectivity index (χ2n) is 7.86. The molecular formula is C23H21FN4O3S2. The fourth-order valence-electron chi connectivity index (χ4n) is 3.97. The molecule has 2 aromatic carbocycles. The second-order valence-corrected chi connectivity index (χ2v) is 10.7. The van der Waals surface area contributed by atoms with E-state index in [0.717, 1.165) is 24.2 Å². The summed E-state index contributed by atoms with van der Waals surface area (Å²) in [4.78, 5) is 20.8. The molecule has 2 aromatic heterocycles. The SMILES string of the molecule is O=C(Nc1ccc2nc(Cc3ccccc3F)[nH]c2c1)c1sccc1S(=O)(=O)N1CCCC1. The van der Waals surface area contributed by atoms with Gasteiger partial charge in [-0.25, -0.2) is 17.8 Å². The maximum absolute atomic E-state index is 14.0. The van der Waals surface area contributed by atoms with E-state index in [9.17, 15) is 17.6 Å². The molecule has 0 radical (unpaired) electrons. The number of imidazole rings is 1. The molecule has 33 heavy (non-hydrogen) atoms. The van der Waals surface area contributed by atoms with Crippen molar-refractivity contribution in [3.05, 3.63) is 76.0 Å². The van der Waals surface area contributed by atoms with E-state index in [-0.39, 0.29) is 15.6 Å². The highest BCUT2D eigenvalue weighted by atomic mass is 32.2. The van der Waals surface area contributed by atoms with Crippen molar-refractivity contribution in [2.24, 2.45) is 0 Å². The van der Waals surface area contributed by atoms with E-state index < -0.39 is 15.9 Å². The molecule has 5 rings (SSSR count). The van der Waals surface area contributed by atoms with Gasteiger partial charge in [-0.15, -0.1) is 11.3 Å². The summed E-state index contributed by atoms with van der Waals surface area (Å²) in [6.07, 6.45) is 1.97. The number of anilines is 1. The van der Waals surface area contributed by atoms with Crippen LogP contribution in [0.5, 0.6) is 0 Å². The van der Waals surface area contributed by atoms with Gasteiger partial charge in [-0.1, -0.05) is 18.2 Å². The number of hydrogen-bond acceptors (Lipinski definition) is 5. The van der Waals surface area contributed by atoms with Crippen molar-refractivity contribution < 1.29 is 17.6 Å². The molecule has 10 heteroatoms. The number of carbonyl (C=O) groups is 1. The molecule has 1 aliphatic heterocycles. The zero-order valence-electron chi connectivity index (χ0n) is 17.5. The minimum absolute atomic E-state index is 0.0432. The fourth-order valence-corrected chi connectivity index (χ4v) is 6.78. The van der Waals surface area contributed by atoms with Crippen LogP contribution in [0.3, 0.4) is 0 Å². The molecule has 1 aliphatic rings. The molecule has 0 atom stereocenters. The maximum atomic E-state index is 14.0. The summed E-state index contributed by atoms with van der Waals surface area (Å²) in [5, 5.41) is 4.40. The molecular weight excluding hydrogens is 463 g/mol. The number of sulfonamides is 1. The van der Waals surface area contributed by atoms with Gasteiger partial charge in [0.2, 0.25) is 10.0 Å². The number of benzene rings is 2. The van der Waals surface area contributed by atoms with Crippen LogP contribution in [0.4, 0.5) is 10.1 Å². The molecule has 0 spiro atoms. The van der Waals surface area contributed by atoms with E-state index in [2.05, 4.69) is 15.3 Å². The lowest BCUT2D eigenvalue weighted by molar-refractivity contribution is 0.102. The molecule has 2 N–H and O–H groups in total. The number of fused-ring (bicyclic) bond motifs is 1. The Bertz CT molecular complexity index is 1440. The molecule has 1 amide bonds. The smallest absolute Gasteiger partial charge is 0.267 e. The average molecular weight is 485 g/mol. The van der Waals surface area contributed by atoms with Gasteiger partial charge in [-0.3, -0.25) is 4.79 Å². The zero-order valence-corrected chi connectivity index (χ0v) is 19.2. The van der Waals surface area contributed by atoms with Crippen LogP contribution in [0.1, 0.15) is 33.9 Å². The zero-order chi connectivity index (χ0) is 23.0. The van der Waals surface area contributed by atoms with Crippen molar-refractivity contribution in [2.75, 3.05) is 18.4 Å². The number of amides is 1. The van der Waals surface area contributed by atoms with Gasteiger partial charge >= 0.3 is 0 Å². The molecule has 0 saturated carbocycles. The summed E-state index contributed by atoms with van der Waals surface area (Å²) in [6.45, 7) is 0.954. The fraction of sp³-hybridized carbons (Fsp3) is 0.217. The number of rotatable bonds is 6. The second kappa shape index (κ2) is 8.69. The highest BCUT2D eigenvalue weighted by Gasteiger charge is 2.31. The first-order valence-electron chi connectivity index (χ1n) is 10.5. The van der Waals surface area contributed by atoms with E-state index in [4.69, 9.17) is 0 Å². The summed E-state index contributed by atoms with van der Waals surface area (Å²) in [6, 6.07) is 13.2. The third kappa shape index (κ3) is 4.29. The van der Waals surface area contributed by atoms with E-state index in [1.807, 2.05) is 0 Å². The number of carbonyl (C=O) groups excluding carboxylic acids is 1. The number of nitrogens with zero attached hydrogens (tertiary/aromatic N) is 2. The van der Waals surface area contributed by atoms with Crippen molar-refractivity contribution >= 4 is 44.0 Å². The largest absolute Gasteiger partial charge is 0.342 e. The highest BCUT2D eigenvalue weighted by Crippen LogP contribution is 2.29. The average Bonchev–Trinajstić information content (AvgIpc) is 3.55.